The number of likely N-dealkylation sites (tertiary alicyclic amines) is 1. The second-order valence-corrected chi connectivity index (χ2v) is 5.72. The Labute approximate surface area is 130 Å². The van der Waals surface area contributed by atoms with Crippen LogP contribution in [0.1, 0.15) is 47.7 Å². The zero-order chi connectivity index (χ0) is 15.4. The fourth-order valence-electron chi connectivity index (χ4n) is 2.75. The number of carbonyl (C=O) groups is 1. The van der Waals surface area contributed by atoms with Crippen LogP contribution in [-0.2, 0) is 6.54 Å². The largest absolute Gasteiger partial charge is 0.455 e. The van der Waals surface area contributed by atoms with Gasteiger partial charge in [-0.3, -0.25) is 14.7 Å². The van der Waals surface area contributed by atoms with Gasteiger partial charge < -0.3 is 9.73 Å². The molecular weight excluding hydrogens is 278 g/mol. The molecule has 2 aromatic heterocycles. The lowest BCUT2D eigenvalue weighted by Crippen LogP contribution is -2.26. The maximum atomic E-state index is 12.2. The van der Waals surface area contributed by atoms with Gasteiger partial charge in [0.25, 0.3) is 5.91 Å². The number of hydrogen-bond acceptors (Lipinski definition) is 4. The van der Waals surface area contributed by atoms with Gasteiger partial charge in [0.05, 0.1) is 12.6 Å². The molecular formula is C17H21N3O2. The molecule has 5 heteroatoms. The first kappa shape index (κ1) is 14.8. The molecule has 3 heterocycles. The number of aromatic nitrogens is 1. The summed E-state index contributed by atoms with van der Waals surface area (Å²) in [6.07, 6.45) is 5.94. The van der Waals surface area contributed by atoms with Crippen LogP contribution in [0, 0.1) is 0 Å². The molecule has 0 unspecified atom stereocenters. The summed E-state index contributed by atoms with van der Waals surface area (Å²) in [5, 5.41) is 2.95. The van der Waals surface area contributed by atoms with E-state index in [9.17, 15) is 4.79 Å². The predicted molar refractivity (Wildman–Crippen MR) is 83.3 cm³/mol. The molecule has 22 heavy (non-hydrogen) atoms. The SMILES string of the molecule is C[C@@H](NC(=O)c1ccc(CN2CCCC2)o1)c1ccncc1. The normalized spacial score (nSPS) is 16.6. The van der Waals surface area contributed by atoms with Gasteiger partial charge in [-0.05, 0) is 62.7 Å². The van der Waals surface area contributed by atoms with Crippen molar-refractivity contribution >= 4 is 5.91 Å². The number of nitrogens with zero attached hydrogens (tertiary/aromatic N) is 2. The Hall–Kier alpha value is -2.14. The third kappa shape index (κ3) is 3.54. The molecule has 1 fully saturated rings. The summed E-state index contributed by atoms with van der Waals surface area (Å²) < 4.78 is 5.68. The van der Waals surface area contributed by atoms with Crippen molar-refractivity contribution in [2.45, 2.75) is 32.4 Å². The van der Waals surface area contributed by atoms with Crippen LogP contribution in [0.25, 0.3) is 0 Å². The van der Waals surface area contributed by atoms with Gasteiger partial charge in [-0.15, -0.1) is 0 Å². The van der Waals surface area contributed by atoms with Crippen LogP contribution in [0.4, 0.5) is 0 Å². The standard InChI is InChI=1S/C17H21N3O2/c1-13(14-6-8-18-9-7-14)19-17(21)16-5-4-15(22-16)12-20-10-2-3-11-20/h4-9,13H,2-3,10-12H2,1H3,(H,19,21)/t13-/m1/s1. The fraction of sp³-hybridized carbons (Fsp3) is 0.412. The number of hydrogen-bond donors (Lipinski definition) is 1. The van der Waals surface area contributed by atoms with Gasteiger partial charge in [-0.2, -0.15) is 0 Å². The lowest BCUT2D eigenvalue weighted by atomic mass is 10.1. The summed E-state index contributed by atoms with van der Waals surface area (Å²) in [5.41, 5.74) is 1.02. The van der Waals surface area contributed by atoms with Crippen molar-refractivity contribution in [3.8, 4) is 0 Å². The minimum atomic E-state index is -0.183. The van der Waals surface area contributed by atoms with Crippen molar-refractivity contribution in [2.24, 2.45) is 0 Å². The minimum absolute atomic E-state index is 0.0809. The molecule has 0 radical (unpaired) electrons. The Morgan fingerprint density at radius 3 is 2.73 bits per heavy atom. The van der Waals surface area contributed by atoms with Crippen LogP contribution >= 0.6 is 0 Å². The summed E-state index contributed by atoms with van der Waals surface area (Å²) in [4.78, 5) is 18.6. The smallest absolute Gasteiger partial charge is 0.287 e. The minimum Gasteiger partial charge on any atom is -0.455 e. The van der Waals surface area contributed by atoms with Crippen molar-refractivity contribution in [1.29, 1.82) is 0 Å². The fourth-order valence-corrected chi connectivity index (χ4v) is 2.75. The van der Waals surface area contributed by atoms with E-state index in [2.05, 4.69) is 15.2 Å². The van der Waals surface area contributed by atoms with Crippen molar-refractivity contribution in [3.63, 3.8) is 0 Å². The Balaban J connectivity index is 1.59. The van der Waals surface area contributed by atoms with Crippen LogP contribution in [-0.4, -0.2) is 28.9 Å². The van der Waals surface area contributed by atoms with Gasteiger partial charge in [0.2, 0.25) is 0 Å². The third-order valence-corrected chi connectivity index (χ3v) is 4.02. The van der Waals surface area contributed by atoms with Gasteiger partial charge in [0.15, 0.2) is 5.76 Å². The van der Waals surface area contributed by atoms with E-state index in [1.165, 1.54) is 12.8 Å². The molecule has 0 aromatic carbocycles. The van der Waals surface area contributed by atoms with Gasteiger partial charge >= 0.3 is 0 Å². The molecule has 2 aromatic rings. The number of carbonyl (C=O) groups excluding carboxylic acids is 1. The van der Waals surface area contributed by atoms with Crippen molar-refractivity contribution in [3.05, 3.63) is 53.7 Å². The molecule has 0 saturated carbocycles. The van der Waals surface area contributed by atoms with Crippen molar-refractivity contribution in [2.75, 3.05) is 13.1 Å². The second-order valence-electron chi connectivity index (χ2n) is 5.72. The van der Waals surface area contributed by atoms with Gasteiger partial charge in [0, 0.05) is 12.4 Å². The summed E-state index contributed by atoms with van der Waals surface area (Å²) in [6, 6.07) is 7.35. The molecule has 1 saturated heterocycles. The molecule has 3 rings (SSSR count). The Morgan fingerprint density at radius 1 is 1.27 bits per heavy atom. The van der Waals surface area contributed by atoms with Crippen molar-refractivity contribution in [1.82, 2.24) is 15.2 Å². The number of furan rings is 1. The topological polar surface area (TPSA) is 58.4 Å². The van der Waals surface area contributed by atoms with Crippen LogP contribution in [0.15, 0.2) is 41.1 Å². The van der Waals surface area contributed by atoms with Crippen LogP contribution in [0.5, 0.6) is 0 Å². The van der Waals surface area contributed by atoms with E-state index in [1.54, 1.807) is 18.5 Å². The van der Waals surface area contributed by atoms with Gasteiger partial charge in [-0.1, -0.05) is 0 Å². The van der Waals surface area contributed by atoms with Gasteiger partial charge in [-0.25, -0.2) is 0 Å². The first-order chi connectivity index (χ1) is 10.7. The number of nitrogens with one attached hydrogen (secondary N) is 1. The molecule has 1 amide bonds. The average Bonchev–Trinajstić information content (AvgIpc) is 3.20. The van der Waals surface area contributed by atoms with Crippen LogP contribution < -0.4 is 5.32 Å². The summed E-state index contributed by atoms with van der Waals surface area (Å²) in [5.74, 6) is 1.04. The molecule has 5 nitrogen and oxygen atoms in total. The summed E-state index contributed by atoms with van der Waals surface area (Å²) >= 11 is 0. The van der Waals surface area contributed by atoms with Crippen LogP contribution in [0.2, 0.25) is 0 Å². The highest BCUT2D eigenvalue weighted by Gasteiger charge is 2.17. The number of amides is 1. The summed E-state index contributed by atoms with van der Waals surface area (Å²) in [6.45, 7) is 4.96. The van der Waals surface area contributed by atoms with E-state index < -0.39 is 0 Å². The van der Waals surface area contributed by atoms with Crippen LogP contribution in [0.3, 0.4) is 0 Å². The molecule has 1 aliphatic rings. The Bertz CT molecular complexity index is 618. The molecule has 0 bridgehead atoms. The highest BCUT2D eigenvalue weighted by Crippen LogP contribution is 2.16. The molecule has 0 aliphatic carbocycles. The Morgan fingerprint density at radius 2 is 2.00 bits per heavy atom. The second kappa shape index (κ2) is 6.75. The van der Waals surface area contributed by atoms with Crippen molar-refractivity contribution < 1.29 is 9.21 Å². The van der Waals surface area contributed by atoms with E-state index in [0.29, 0.717) is 5.76 Å². The molecule has 1 N–H and O–H groups in total. The molecule has 0 spiro atoms. The van der Waals surface area contributed by atoms with E-state index >= 15 is 0 Å². The average molecular weight is 299 g/mol. The first-order valence-electron chi connectivity index (χ1n) is 7.74. The number of rotatable bonds is 5. The monoisotopic (exact) mass is 299 g/mol. The highest BCUT2D eigenvalue weighted by molar-refractivity contribution is 5.91. The van der Waals surface area contributed by atoms with E-state index in [0.717, 1.165) is 31.0 Å². The van der Waals surface area contributed by atoms with E-state index in [1.807, 2.05) is 25.1 Å². The zero-order valence-electron chi connectivity index (χ0n) is 12.8. The lowest BCUT2D eigenvalue weighted by Gasteiger charge is -2.13. The third-order valence-electron chi connectivity index (χ3n) is 4.02. The quantitative estimate of drug-likeness (QED) is 0.922. The van der Waals surface area contributed by atoms with E-state index in [-0.39, 0.29) is 11.9 Å². The zero-order valence-corrected chi connectivity index (χ0v) is 12.8. The van der Waals surface area contributed by atoms with Gasteiger partial charge in [0.1, 0.15) is 5.76 Å². The Kier molecular flexibility index (Phi) is 4.53. The highest BCUT2D eigenvalue weighted by atomic mass is 16.4. The molecule has 1 aliphatic heterocycles. The number of pyridine rings is 1. The summed E-state index contributed by atoms with van der Waals surface area (Å²) in [7, 11) is 0. The molecule has 1 atom stereocenters. The maximum absolute atomic E-state index is 12.2. The predicted octanol–water partition coefficient (Wildman–Crippen LogP) is 2.76. The first-order valence-corrected chi connectivity index (χ1v) is 7.74. The molecule has 116 valence electrons. The lowest BCUT2D eigenvalue weighted by molar-refractivity contribution is 0.0908. The maximum Gasteiger partial charge on any atom is 0.287 e. The van der Waals surface area contributed by atoms with E-state index in [4.69, 9.17) is 4.42 Å².